The van der Waals surface area contributed by atoms with Gasteiger partial charge in [0, 0.05) is 16.7 Å². The minimum Gasteiger partial charge on any atom is -0.381 e. The van der Waals surface area contributed by atoms with Crippen molar-refractivity contribution in [2.45, 2.75) is 13.3 Å². The molecule has 0 spiro atoms. The van der Waals surface area contributed by atoms with Gasteiger partial charge in [-0.15, -0.1) is 0 Å². The highest BCUT2D eigenvalue weighted by atomic mass is 79.9. The summed E-state index contributed by atoms with van der Waals surface area (Å²) in [7, 11) is 0. The van der Waals surface area contributed by atoms with Crippen LogP contribution in [-0.2, 0) is 0 Å². The topological polar surface area (TPSA) is 12.0 Å². The number of benzene rings is 2. The summed E-state index contributed by atoms with van der Waals surface area (Å²) in [6.07, 6.45) is 1.02. The van der Waals surface area contributed by atoms with Crippen LogP contribution in [0.25, 0.3) is 10.8 Å². The van der Waals surface area contributed by atoms with Crippen molar-refractivity contribution >= 4 is 32.4 Å². The Morgan fingerprint density at radius 2 is 1.88 bits per heavy atom. The Bertz CT molecular complexity index is 546. The van der Waals surface area contributed by atoms with Gasteiger partial charge in [0.25, 0.3) is 0 Å². The Kier molecular flexibility index (Phi) is 3.85. The van der Waals surface area contributed by atoms with Crippen LogP contribution in [0.2, 0.25) is 0 Å². The third-order valence-corrected chi connectivity index (χ3v) is 3.34. The first-order valence-electron chi connectivity index (χ1n) is 5.79. The molecule has 0 aliphatic heterocycles. The van der Waals surface area contributed by atoms with Crippen LogP contribution in [0.1, 0.15) is 13.3 Å². The summed E-state index contributed by atoms with van der Waals surface area (Å²) in [5.41, 5.74) is 2.37. The second-order valence-corrected chi connectivity index (χ2v) is 5.08. The molecular formula is C15H16BrN. The van der Waals surface area contributed by atoms with E-state index in [1.165, 1.54) is 16.3 Å². The first kappa shape index (κ1) is 12.2. The molecule has 17 heavy (non-hydrogen) atoms. The Hall–Kier alpha value is -1.28. The van der Waals surface area contributed by atoms with Gasteiger partial charge in [-0.1, -0.05) is 47.1 Å². The van der Waals surface area contributed by atoms with Crippen LogP contribution in [0.5, 0.6) is 0 Å². The van der Waals surface area contributed by atoms with Gasteiger partial charge in [0.2, 0.25) is 0 Å². The molecule has 1 N–H and O–H groups in total. The van der Waals surface area contributed by atoms with Crippen molar-refractivity contribution in [3.8, 4) is 0 Å². The van der Waals surface area contributed by atoms with Crippen molar-refractivity contribution in [2.24, 2.45) is 0 Å². The fourth-order valence-electron chi connectivity index (χ4n) is 1.68. The SMILES string of the molecule is C=C(CC)CNc1ccc2cc(Br)ccc2c1. The van der Waals surface area contributed by atoms with E-state index < -0.39 is 0 Å². The van der Waals surface area contributed by atoms with Crippen molar-refractivity contribution in [3.63, 3.8) is 0 Å². The number of rotatable bonds is 4. The quantitative estimate of drug-likeness (QED) is 0.783. The van der Waals surface area contributed by atoms with Gasteiger partial charge in [-0.2, -0.15) is 0 Å². The molecule has 2 aromatic rings. The zero-order valence-corrected chi connectivity index (χ0v) is 11.5. The minimum atomic E-state index is 0.846. The van der Waals surface area contributed by atoms with E-state index >= 15 is 0 Å². The average Bonchev–Trinajstić information content (AvgIpc) is 2.35. The lowest BCUT2D eigenvalue weighted by molar-refractivity contribution is 1.05. The Balaban J connectivity index is 2.20. The second-order valence-electron chi connectivity index (χ2n) is 4.16. The largest absolute Gasteiger partial charge is 0.381 e. The molecule has 0 radical (unpaired) electrons. The highest BCUT2D eigenvalue weighted by Gasteiger charge is 1.97. The molecule has 2 aromatic carbocycles. The summed E-state index contributed by atoms with van der Waals surface area (Å²) in [5.74, 6) is 0. The zero-order chi connectivity index (χ0) is 12.3. The van der Waals surface area contributed by atoms with Crippen LogP contribution in [0, 0.1) is 0 Å². The van der Waals surface area contributed by atoms with Crippen LogP contribution in [0.15, 0.2) is 53.0 Å². The number of anilines is 1. The molecule has 0 aliphatic rings. The number of fused-ring (bicyclic) bond motifs is 1. The molecule has 1 nitrogen and oxygen atoms in total. The van der Waals surface area contributed by atoms with E-state index in [1.807, 2.05) is 0 Å². The maximum atomic E-state index is 3.99. The molecule has 0 aromatic heterocycles. The third-order valence-electron chi connectivity index (χ3n) is 2.84. The van der Waals surface area contributed by atoms with Gasteiger partial charge in [0.05, 0.1) is 0 Å². The smallest absolute Gasteiger partial charge is 0.0357 e. The van der Waals surface area contributed by atoms with Crippen molar-refractivity contribution in [2.75, 3.05) is 11.9 Å². The number of halogens is 1. The maximum absolute atomic E-state index is 3.99. The first-order valence-corrected chi connectivity index (χ1v) is 6.58. The lowest BCUT2D eigenvalue weighted by atomic mass is 10.1. The highest BCUT2D eigenvalue weighted by Crippen LogP contribution is 2.23. The van der Waals surface area contributed by atoms with E-state index in [0.717, 1.165) is 23.1 Å². The summed E-state index contributed by atoms with van der Waals surface area (Å²) in [6.45, 7) is 6.97. The highest BCUT2D eigenvalue weighted by molar-refractivity contribution is 9.10. The first-order chi connectivity index (χ1) is 8.19. The Morgan fingerprint density at radius 3 is 2.65 bits per heavy atom. The number of nitrogens with one attached hydrogen (secondary N) is 1. The van der Waals surface area contributed by atoms with Crippen molar-refractivity contribution < 1.29 is 0 Å². The predicted octanol–water partition coefficient (Wildman–Crippen LogP) is 4.98. The van der Waals surface area contributed by atoms with E-state index in [2.05, 4.69) is 71.1 Å². The molecule has 0 unspecified atom stereocenters. The van der Waals surface area contributed by atoms with E-state index in [0.29, 0.717) is 0 Å². The molecule has 0 aliphatic carbocycles. The van der Waals surface area contributed by atoms with Crippen molar-refractivity contribution in [1.82, 2.24) is 0 Å². The molecule has 88 valence electrons. The van der Waals surface area contributed by atoms with E-state index in [-0.39, 0.29) is 0 Å². The van der Waals surface area contributed by atoms with Gasteiger partial charge in [-0.25, -0.2) is 0 Å². The van der Waals surface area contributed by atoms with Crippen molar-refractivity contribution in [3.05, 3.63) is 53.0 Å². The molecule has 0 bridgehead atoms. The lowest BCUT2D eigenvalue weighted by Gasteiger charge is -2.08. The fourth-order valence-corrected chi connectivity index (χ4v) is 2.06. The lowest BCUT2D eigenvalue weighted by Crippen LogP contribution is -2.02. The van der Waals surface area contributed by atoms with Gasteiger partial charge in [0.1, 0.15) is 0 Å². The van der Waals surface area contributed by atoms with Crippen molar-refractivity contribution in [1.29, 1.82) is 0 Å². The minimum absolute atomic E-state index is 0.846. The molecule has 0 fully saturated rings. The van der Waals surface area contributed by atoms with E-state index in [9.17, 15) is 0 Å². The maximum Gasteiger partial charge on any atom is 0.0357 e. The summed E-state index contributed by atoms with van der Waals surface area (Å²) < 4.78 is 1.12. The van der Waals surface area contributed by atoms with Gasteiger partial charge < -0.3 is 5.32 Å². The molecule has 2 heteroatoms. The predicted molar refractivity (Wildman–Crippen MR) is 79.6 cm³/mol. The molecule has 0 heterocycles. The third kappa shape index (κ3) is 3.10. The molecule has 2 rings (SSSR count). The van der Waals surface area contributed by atoms with Gasteiger partial charge in [0.15, 0.2) is 0 Å². The average molecular weight is 290 g/mol. The summed E-state index contributed by atoms with van der Waals surface area (Å²) in [5, 5.41) is 5.89. The Morgan fingerprint density at radius 1 is 1.18 bits per heavy atom. The standard InChI is InChI=1S/C15H16BrN/c1-3-11(2)10-17-15-7-5-12-8-14(16)6-4-13(12)9-15/h4-9,17H,2-3,10H2,1H3. The second kappa shape index (κ2) is 5.37. The van der Waals surface area contributed by atoms with Gasteiger partial charge in [-0.05, 0) is 41.5 Å². The summed E-state index contributed by atoms with van der Waals surface area (Å²) in [6, 6.07) is 12.7. The van der Waals surface area contributed by atoms with Crippen LogP contribution < -0.4 is 5.32 Å². The van der Waals surface area contributed by atoms with Crippen LogP contribution >= 0.6 is 15.9 Å². The summed E-state index contributed by atoms with van der Waals surface area (Å²) in [4.78, 5) is 0. The Labute approximate surface area is 111 Å². The fraction of sp³-hybridized carbons (Fsp3) is 0.200. The molecule has 0 saturated heterocycles. The number of hydrogen-bond acceptors (Lipinski definition) is 1. The van der Waals surface area contributed by atoms with E-state index in [4.69, 9.17) is 0 Å². The molecule has 0 atom stereocenters. The zero-order valence-electron chi connectivity index (χ0n) is 9.96. The normalized spacial score (nSPS) is 10.5. The molecule has 0 amide bonds. The van der Waals surface area contributed by atoms with Crippen LogP contribution in [0.3, 0.4) is 0 Å². The summed E-state index contributed by atoms with van der Waals surface area (Å²) >= 11 is 3.48. The van der Waals surface area contributed by atoms with E-state index in [1.54, 1.807) is 0 Å². The van der Waals surface area contributed by atoms with Gasteiger partial charge >= 0.3 is 0 Å². The number of hydrogen-bond donors (Lipinski definition) is 1. The monoisotopic (exact) mass is 289 g/mol. The van der Waals surface area contributed by atoms with Crippen LogP contribution in [-0.4, -0.2) is 6.54 Å². The van der Waals surface area contributed by atoms with Crippen LogP contribution in [0.4, 0.5) is 5.69 Å². The van der Waals surface area contributed by atoms with Gasteiger partial charge in [-0.3, -0.25) is 0 Å². The molecule has 0 saturated carbocycles. The molecular weight excluding hydrogens is 274 g/mol.